The first-order valence-electron chi connectivity index (χ1n) is 6.43. The van der Waals surface area contributed by atoms with Crippen LogP contribution in [-0.4, -0.2) is 21.3 Å². The summed E-state index contributed by atoms with van der Waals surface area (Å²) in [7, 11) is 0. The molecule has 1 aromatic heterocycles. The minimum absolute atomic E-state index is 0.504. The summed E-state index contributed by atoms with van der Waals surface area (Å²) in [5.41, 5.74) is 1.36. The van der Waals surface area contributed by atoms with Crippen LogP contribution in [-0.2, 0) is 13.1 Å². The summed E-state index contributed by atoms with van der Waals surface area (Å²) in [4.78, 5) is 0. The van der Waals surface area contributed by atoms with Gasteiger partial charge in [0.05, 0.1) is 6.54 Å². The van der Waals surface area contributed by atoms with Gasteiger partial charge in [-0.3, -0.25) is 0 Å². The molecule has 1 atom stereocenters. The second kappa shape index (κ2) is 6.31. The second-order valence-electron chi connectivity index (χ2n) is 4.48. The van der Waals surface area contributed by atoms with Crippen LogP contribution in [0.1, 0.15) is 31.2 Å². The third-order valence-electron chi connectivity index (χ3n) is 3.14. The fraction of sp³-hybridized carbons (Fsp3) is 0.429. The van der Waals surface area contributed by atoms with Crippen LogP contribution in [0.3, 0.4) is 0 Å². The Hall–Kier alpha value is -1.68. The molecule has 4 heteroatoms. The third kappa shape index (κ3) is 3.17. The van der Waals surface area contributed by atoms with Gasteiger partial charge in [-0.2, -0.15) is 0 Å². The molecule has 0 aliphatic heterocycles. The van der Waals surface area contributed by atoms with E-state index in [2.05, 4.69) is 58.2 Å². The van der Waals surface area contributed by atoms with Gasteiger partial charge in [-0.05, 0) is 18.4 Å². The van der Waals surface area contributed by atoms with Crippen molar-refractivity contribution in [2.75, 3.05) is 6.54 Å². The highest BCUT2D eigenvalue weighted by Crippen LogP contribution is 2.13. The van der Waals surface area contributed by atoms with Gasteiger partial charge in [0.15, 0.2) is 0 Å². The van der Waals surface area contributed by atoms with E-state index in [1.54, 1.807) is 6.33 Å². The van der Waals surface area contributed by atoms with Crippen molar-refractivity contribution >= 4 is 0 Å². The van der Waals surface area contributed by atoms with Crippen LogP contribution in [0.5, 0.6) is 0 Å². The fourth-order valence-corrected chi connectivity index (χ4v) is 1.98. The Morgan fingerprint density at radius 3 is 2.78 bits per heavy atom. The quantitative estimate of drug-likeness (QED) is 0.847. The van der Waals surface area contributed by atoms with E-state index in [1.165, 1.54) is 5.56 Å². The molecule has 1 aromatic carbocycles. The number of hydrogen-bond acceptors (Lipinski definition) is 3. The number of nitrogens with one attached hydrogen (secondary N) is 1. The Morgan fingerprint density at radius 2 is 2.06 bits per heavy atom. The van der Waals surface area contributed by atoms with Crippen LogP contribution >= 0.6 is 0 Å². The monoisotopic (exact) mass is 244 g/mol. The molecule has 0 saturated carbocycles. The van der Waals surface area contributed by atoms with Crippen molar-refractivity contribution in [3.05, 3.63) is 48.0 Å². The molecule has 4 nitrogen and oxygen atoms in total. The van der Waals surface area contributed by atoms with Crippen LogP contribution in [0.2, 0.25) is 0 Å². The number of benzene rings is 1. The number of aromatic nitrogens is 3. The summed E-state index contributed by atoms with van der Waals surface area (Å²) in [6.45, 7) is 6.95. The molecule has 1 heterocycles. The Labute approximate surface area is 108 Å². The molecule has 18 heavy (non-hydrogen) atoms. The molecule has 2 aromatic rings. The van der Waals surface area contributed by atoms with Crippen molar-refractivity contribution in [2.24, 2.45) is 0 Å². The molecule has 2 rings (SSSR count). The molecule has 1 unspecified atom stereocenters. The maximum atomic E-state index is 4.11. The summed E-state index contributed by atoms with van der Waals surface area (Å²) in [6, 6.07) is 10.5. The highest BCUT2D eigenvalue weighted by Gasteiger charge is 2.06. The van der Waals surface area contributed by atoms with Gasteiger partial charge in [-0.25, -0.2) is 0 Å². The summed E-state index contributed by atoms with van der Waals surface area (Å²) >= 11 is 0. The smallest absolute Gasteiger partial charge is 0.146 e. The van der Waals surface area contributed by atoms with Crippen LogP contribution < -0.4 is 5.32 Å². The van der Waals surface area contributed by atoms with E-state index in [4.69, 9.17) is 0 Å². The predicted octanol–water partition coefficient (Wildman–Crippen LogP) is 2.19. The highest BCUT2D eigenvalue weighted by atomic mass is 15.3. The standard InChI is InChI=1S/C14H20N4/c1-3-18-11-16-17-14(18)10-15-9-12(2)13-7-5-4-6-8-13/h4-8,11-12,15H,3,9-10H2,1-2H3. The van der Waals surface area contributed by atoms with Crippen molar-refractivity contribution in [2.45, 2.75) is 32.9 Å². The maximum absolute atomic E-state index is 4.11. The Bertz CT molecular complexity index is 464. The molecule has 0 aliphatic carbocycles. The van der Waals surface area contributed by atoms with E-state index in [1.807, 2.05) is 6.07 Å². The SMILES string of the molecule is CCn1cnnc1CNCC(C)c1ccccc1. The Balaban J connectivity index is 1.82. The van der Waals surface area contributed by atoms with Gasteiger partial charge in [0.25, 0.3) is 0 Å². The van der Waals surface area contributed by atoms with Gasteiger partial charge in [-0.15, -0.1) is 10.2 Å². The van der Waals surface area contributed by atoms with Crippen LogP contribution in [0.15, 0.2) is 36.7 Å². The predicted molar refractivity (Wildman–Crippen MR) is 72.3 cm³/mol. The molecule has 0 saturated heterocycles. The molecule has 0 spiro atoms. The molecular formula is C14H20N4. The normalized spacial score (nSPS) is 12.6. The Kier molecular flexibility index (Phi) is 4.47. The minimum atomic E-state index is 0.504. The van der Waals surface area contributed by atoms with Gasteiger partial charge >= 0.3 is 0 Å². The van der Waals surface area contributed by atoms with Crippen molar-refractivity contribution in [1.82, 2.24) is 20.1 Å². The molecule has 96 valence electrons. The average molecular weight is 244 g/mol. The number of hydrogen-bond donors (Lipinski definition) is 1. The molecular weight excluding hydrogens is 224 g/mol. The summed E-state index contributed by atoms with van der Waals surface area (Å²) in [6.07, 6.45) is 1.78. The first kappa shape index (κ1) is 12.8. The Morgan fingerprint density at radius 1 is 1.28 bits per heavy atom. The second-order valence-corrected chi connectivity index (χ2v) is 4.48. The lowest BCUT2D eigenvalue weighted by Gasteiger charge is -2.12. The third-order valence-corrected chi connectivity index (χ3v) is 3.14. The molecule has 0 bridgehead atoms. The van der Waals surface area contributed by atoms with Crippen LogP contribution in [0, 0.1) is 0 Å². The first-order chi connectivity index (χ1) is 8.81. The lowest BCUT2D eigenvalue weighted by atomic mass is 10.0. The number of aryl methyl sites for hydroxylation is 1. The van der Waals surface area contributed by atoms with Crippen molar-refractivity contribution < 1.29 is 0 Å². The van der Waals surface area contributed by atoms with E-state index in [9.17, 15) is 0 Å². The van der Waals surface area contributed by atoms with Crippen molar-refractivity contribution in [1.29, 1.82) is 0 Å². The largest absolute Gasteiger partial charge is 0.317 e. The zero-order chi connectivity index (χ0) is 12.8. The first-order valence-corrected chi connectivity index (χ1v) is 6.43. The van der Waals surface area contributed by atoms with Crippen molar-refractivity contribution in [3.63, 3.8) is 0 Å². The van der Waals surface area contributed by atoms with E-state index in [-0.39, 0.29) is 0 Å². The van der Waals surface area contributed by atoms with Crippen molar-refractivity contribution in [3.8, 4) is 0 Å². The highest BCUT2D eigenvalue weighted by molar-refractivity contribution is 5.18. The lowest BCUT2D eigenvalue weighted by Crippen LogP contribution is -2.21. The van der Waals surface area contributed by atoms with Gasteiger partial charge in [0.2, 0.25) is 0 Å². The van der Waals surface area contributed by atoms with Crippen LogP contribution in [0.25, 0.3) is 0 Å². The fourth-order valence-electron chi connectivity index (χ4n) is 1.98. The molecule has 0 radical (unpaired) electrons. The lowest BCUT2D eigenvalue weighted by molar-refractivity contribution is 0.575. The van der Waals surface area contributed by atoms with Gasteiger partial charge in [0.1, 0.15) is 12.2 Å². The molecule has 0 amide bonds. The minimum Gasteiger partial charge on any atom is -0.317 e. The zero-order valence-electron chi connectivity index (χ0n) is 11.0. The van der Waals surface area contributed by atoms with Gasteiger partial charge in [0, 0.05) is 13.1 Å². The molecule has 0 fully saturated rings. The average Bonchev–Trinajstić information content (AvgIpc) is 2.87. The topological polar surface area (TPSA) is 42.7 Å². The summed E-state index contributed by atoms with van der Waals surface area (Å²) in [5, 5.41) is 11.5. The van der Waals surface area contributed by atoms with Crippen LogP contribution in [0.4, 0.5) is 0 Å². The van der Waals surface area contributed by atoms with E-state index >= 15 is 0 Å². The molecule has 0 aliphatic rings. The van der Waals surface area contributed by atoms with E-state index in [0.29, 0.717) is 5.92 Å². The summed E-state index contributed by atoms with van der Waals surface area (Å²) in [5.74, 6) is 1.50. The van der Waals surface area contributed by atoms with Gasteiger partial charge in [-0.1, -0.05) is 37.3 Å². The summed E-state index contributed by atoms with van der Waals surface area (Å²) < 4.78 is 2.06. The molecule has 1 N–H and O–H groups in total. The maximum Gasteiger partial charge on any atom is 0.146 e. The van der Waals surface area contributed by atoms with E-state index in [0.717, 1.165) is 25.5 Å². The number of rotatable bonds is 6. The number of nitrogens with zero attached hydrogens (tertiary/aromatic N) is 3. The zero-order valence-corrected chi connectivity index (χ0v) is 11.0. The van der Waals surface area contributed by atoms with E-state index < -0.39 is 0 Å². The van der Waals surface area contributed by atoms with Gasteiger partial charge < -0.3 is 9.88 Å².